The molecular formula is C23H18F6N6O3. The third-order valence-electron chi connectivity index (χ3n) is 6.28. The van der Waals surface area contributed by atoms with Gasteiger partial charge in [-0.1, -0.05) is 0 Å². The van der Waals surface area contributed by atoms with Crippen molar-refractivity contribution in [3.8, 4) is 11.5 Å². The number of halogens is 6. The number of hydrogen-bond acceptors (Lipinski definition) is 6. The van der Waals surface area contributed by atoms with Crippen LogP contribution in [0.15, 0.2) is 45.7 Å². The van der Waals surface area contributed by atoms with Gasteiger partial charge in [0.1, 0.15) is 6.42 Å². The van der Waals surface area contributed by atoms with E-state index in [1.165, 1.54) is 4.90 Å². The zero-order chi connectivity index (χ0) is 27.2. The number of likely N-dealkylation sites (tertiary alicyclic amines) is 1. The number of amides is 1. The Hall–Kier alpha value is -4.17. The van der Waals surface area contributed by atoms with E-state index in [4.69, 9.17) is 4.42 Å². The van der Waals surface area contributed by atoms with E-state index in [1.807, 2.05) is 0 Å². The second kappa shape index (κ2) is 9.29. The summed E-state index contributed by atoms with van der Waals surface area (Å²) < 4.78 is 85.7. The SMILES string of the molecule is O=C(Cc1nnc(-c2cc(C(F)(F)F)cc(C(F)(F)F)c2)o1)N1CCC(n2c(=O)[nH]c3ncccc32)CC1. The number of rotatable bonds is 4. The lowest BCUT2D eigenvalue weighted by molar-refractivity contribution is -0.143. The second-order valence-electron chi connectivity index (χ2n) is 8.76. The normalized spacial score (nSPS) is 15.4. The maximum absolute atomic E-state index is 13.1. The lowest BCUT2D eigenvalue weighted by Gasteiger charge is -2.32. The Morgan fingerprint density at radius 1 is 1.03 bits per heavy atom. The van der Waals surface area contributed by atoms with Crippen LogP contribution in [-0.2, 0) is 23.6 Å². The first kappa shape index (κ1) is 25.5. The number of carbonyl (C=O) groups excluding carboxylic acids is 1. The number of imidazole rings is 1. The molecule has 1 saturated heterocycles. The Labute approximate surface area is 209 Å². The number of piperidine rings is 1. The maximum Gasteiger partial charge on any atom is 0.416 e. The summed E-state index contributed by atoms with van der Waals surface area (Å²) in [6.45, 7) is 0.624. The summed E-state index contributed by atoms with van der Waals surface area (Å²) in [5.74, 6) is -1.24. The van der Waals surface area contributed by atoms with Crippen molar-refractivity contribution in [1.82, 2.24) is 29.6 Å². The van der Waals surface area contributed by atoms with E-state index in [0.717, 1.165) is 0 Å². The third-order valence-corrected chi connectivity index (χ3v) is 6.28. The molecule has 1 amide bonds. The van der Waals surface area contributed by atoms with E-state index in [2.05, 4.69) is 20.2 Å². The van der Waals surface area contributed by atoms with Gasteiger partial charge in [-0.2, -0.15) is 26.3 Å². The molecule has 0 radical (unpaired) electrons. The van der Waals surface area contributed by atoms with Gasteiger partial charge in [-0.3, -0.25) is 14.3 Å². The minimum atomic E-state index is -5.03. The van der Waals surface area contributed by atoms with Gasteiger partial charge < -0.3 is 9.32 Å². The topological polar surface area (TPSA) is 110 Å². The molecule has 0 atom stereocenters. The number of alkyl halides is 6. The van der Waals surface area contributed by atoms with Gasteiger partial charge in [0, 0.05) is 30.9 Å². The average molecular weight is 540 g/mol. The van der Waals surface area contributed by atoms with E-state index in [-0.39, 0.29) is 30.1 Å². The lowest BCUT2D eigenvalue weighted by Crippen LogP contribution is -2.41. The van der Waals surface area contributed by atoms with Crippen LogP contribution in [0, 0.1) is 0 Å². The van der Waals surface area contributed by atoms with Crippen molar-refractivity contribution < 1.29 is 35.6 Å². The van der Waals surface area contributed by atoms with Gasteiger partial charge in [0.25, 0.3) is 0 Å². The number of fused-ring (bicyclic) bond motifs is 1. The van der Waals surface area contributed by atoms with Crippen molar-refractivity contribution in [2.24, 2.45) is 0 Å². The second-order valence-corrected chi connectivity index (χ2v) is 8.76. The Balaban J connectivity index is 1.28. The fourth-order valence-corrected chi connectivity index (χ4v) is 4.46. The largest absolute Gasteiger partial charge is 0.420 e. The van der Waals surface area contributed by atoms with Gasteiger partial charge in [-0.05, 0) is 43.2 Å². The van der Waals surface area contributed by atoms with Crippen LogP contribution in [0.3, 0.4) is 0 Å². The smallest absolute Gasteiger partial charge is 0.416 e. The lowest BCUT2D eigenvalue weighted by atomic mass is 10.0. The van der Waals surface area contributed by atoms with Crippen LogP contribution in [0.1, 0.15) is 35.9 Å². The maximum atomic E-state index is 13.1. The molecule has 1 fully saturated rings. The predicted octanol–water partition coefficient (Wildman–Crippen LogP) is 4.22. The minimum Gasteiger partial charge on any atom is -0.420 e. The molecule has 4 aromatic rings. The van der Waals surface area contributed by atoms with E-state index in [1.54, 1.807) is 22.9 Å². The van der Waals surface area contributed by atoms with Gasteiger partial charge in [0.2, 0.25) is 17.7 Å². The molecule has 1 aliphatic rings. The number of nitrogens with one attached hydrogen (secondary N) is 1. The highest BCUT2D eigenvalue weighted by molar-refractivity contribution is 5.78. The van der Waals surface area contributed by atoms with Crippen molar-refractivity contribution in [3.05, 3.63) is 64.0 Å². The summed E-state index contributed by atoms with van der Waals surface area (Å²) in [7, 11) is 0. The van der Waals surface area contributed by atoms with Crippen LogP contribution in [-0.4, -0.2) is 48.6 Å². The van der Waals surface area contributed by atoms with Crippen LogP contribution in [0.5, 0.6) is 0 Å². The summed E-state index contributed by atoms with van der Waals surface area (Å²) in [5.41, 5.74) is -2.80. The Kier molecular flexibility index (Phi) is 6.23. The number of aromatic amines is 1. The number of aromatic nitrogens is 5. The molecule has 1 aromatic carbocycles. The molecule has 200 valence electrons. The Morgan fingerprint density at radius 3 is 2.32 bits per heavy atom. The van der Waals surface area contributed by atoms with Crippen molar-refractivity contribution in [2.75, 3.05) is 13.1 Å². The summed E-state index contributed by atoms with van der Waals surface area (Å²) in [5, 5.41) is 7.18. The van der Waals surface area contributed by atoms with E-state index in [0.29, 0.717) is 49.2 Å². The first-order valence-electron chi connectivity index (χ1n) is 11.4. The van der Waals surface area contributed by atoms with E-state index >= 15 is 0 Å². The van der Waals surface area contributed by atoms with Crippen molar-refractivity contribution in [2.45, 2.75) is 37.7 Å². The van der Waals surface area contributed by atoms with E-state index in [9.17, 15) is 35.9 Å². The van der Waals surface area contributed by atoms with Crippen LogP contribution in [0.4, 0.5) is 26.3 Å². The van der Waals surface area contributed by atoms with Gasteiger partial charge in [0.15, 0.2) is 5.65 Å². The highest BCUT2D eigenvalue weighted by atomic mass is 19.4. The highest BCUT2D eigenvalue weighted by Crippen LogP contribution is 2.38. The van der Waals surface area contributed by atoms with Gasteiger partial charge in [0.05, 0.1) is 16.6 Å². The number of benzene rings is 1. The molecule has 5 rings (SSSR count). The zero-order valence-corrected chi connectivity index (χ0v) is 19.3. The molecule has 3 aromatic heterocycles. The summed E-state index contributed by atoms with van der Waals surface area (Å²) in [6, 6.07) is 4.26. The first-order valence-corrected chi connectivity index (χ1v) is 11.4. The predicted molar refractivity (Wildman–Crippen MR) is 119 cm³/mol. The first-order chi connectivity index (χ1) is 17.9. The summed E-state index contributed by atoms with van der Waals surface area (Å²) >= 11 is 0. The quantitative estimate of drug-likeness (QED) is 0.389. The summed E-state index contributed by atoms with van der Waals surface area (Å²) in [4.78, 5) is 33.5. The standard InChI is InChI=1S/C23H18F6N6O3/c24-22(25,26)13-8-12(9-14(10-13)23(27,28)29)20-33-32-17(38-20)11-18(36)34-6-3-15(4-7-34)35-16-2-1-5-30-19(16)31-21(35)37/h1-2,5,8-10,15H,3-4,6-7,11H2,(H,30,31,37). The van der Waals surface area contributed by atoms with Gasteiger partial charge >= 0.3 is 18.0 Å². The third kappa shape index (κ3) is 4.99. The number of H-pyrrole nitrogens is 1. The molecule has 0 spiro atoms. The molecule has 1 N–H and O–H groups in total. The number of hydrogen-bond donors (Lipinski definition) is 1. The van der Waals surface area contributed by atoms with Crippen molar-refractivity contribution in [3.63, 3.8) is 0 Å². The Morgan fingerprint density at radius 2 is 1.68 bits per heavy atom. The molecule has 15 heteroatoms. The molecular weight excluding hydrogens is 522 g/mol. The van der Waals surface area contributed by atoms with Crippen molar-refractivity contribution in [1.29, 1.82) is 0 Å². The molecule has 38 heavy (non-hydrogen) atoms. The van der Waals surface area contributed by atoms with Crippen LogP contribution >= 0.6 is 0 Å². The molecule has 0 aliphatic carbocycles. The number of pyridine rings is 1. The zero-order valence-electron chi connectivity index (χ0n) is 19.3. The fourth-order valence-electron chi connectivity index (χ4n) is 4.46. The minimum absolute atomic E-state index is 0.00515. The Bertz CT molecular complexity index is 1510. The molecule has 0 bridgehead atoms. The van der Waals surface area contributed by atoms with Crippen LogP contribution < -0.4 is 5.69 Å². The van der Waals surface area contributed by atoms with E-state index < -0.39 is 40.8 Å². The van der Waals surface area contributed by atoms with Gasteiger partial charge in [-0.25, -0.2) is 9.78 Å². The molecule has 1 aliphatic heterocycles. The molecule has 0 saturated carbocycles. The fraction of sp³-hybridized carbons (Fsp3) is 0.348. The average Bonchev–Trinajstić information content (AvgIpc) is 3.46. The van der Waals surface area contributed by atoms with Crippen LogP contribution in [0.25, 0.3) is 22.6 Å². The number of nitrogens with zero attached hydrogens (tertiary/aromatic N) is 5. The molecule has 0 unspecified atom stereocenters. The van der Waals surface area contributed by atoms with Crippen molar-refractivity contribution >= 4 is 17.1 Å². The summed E-state index contributed by atoms with van der Waals surface area (Å²) in [6.07, 6.45) is -7.93. The van der Waals surface area contributed by atoms with Gasteiger partial charge in [-0.15, -0.1) is 10.2 Å². The van der Waals surface area contributed by atoms with Crippen LogP contribution in [0.2, 0.25) is 0 Å². The highest BCUT2D eigenvalue weighted by Gasteiger charge is 2.37. The monoisotopic (exact) mass is 540 g/mol. The number of carbonyl (C=O) groups is 1. The molecule has 9 nitrogen and oxygen atoms in total. The molecule has 4 heterocycles.